The van der Waals surface area contributed by atoms with Crippen molar-refractivity contribution in [3.05, 3.63) is 394 Å². The van der Waals surface area contributed by atoms with Crippen molar-refractivity contribution in [2.24, 2.45) is 0 Å². The third-order valence-corrected chi connectivity index (χ3v) is 20.5. The van der Waals surface area contributed by atoms with Crippen LogP contribution >= 0.6 is 0 Å². The van der Waals surface area contributed by atoms with E-state index in [4.69, 9.17) is 29.9 Å². The van der Waals surface area contributed by atoms with Crippen molar-refractivity contribution < 1.29 is 40.2 Å². The van der Waals surface area contributed by atoms with Crippen LogP contribution in [0.25, 0.3) is 44.1 Å². The summed E-state index contributed by atoms with van der Waals surface area (Å²) in [4.78, 5) is 30.7. The van der Waals surface area contributed by atoms with Gasteiger partial charge in [-0.3, -0.25) is 29.9 Å². The molecule has 100 heavy (non-hydrogen) atoms. The zero-order valence-corrected chi connectivity index (χ0v) is 62.5. The number of aryl methyl sites for hydroxylation is 2. The first kappa shape index (κ1) is 70.3. The average molecular weight is 1650 g/mol. The molecule has 0 aliphatic heterocycles. The van der Waals surface area contributed by atoms with Crippen LogP contribution in [0.15, 0.2) is 267 Å². The molecule has 6 heterocycles. The molecule has 0 spiro atoms. The van der Waals surface area contributed by atoms with Gasteiger partial charge in [0.25, 0.3) is 0 Å². The number of hydrogen-bond acceptors (Lipinski definition) is 6. The van der Waals surface area contributed by atoms with Crippen LogP contribution < -0.4 is 0 Å². The third kappa shape index (κ3) is 13.6. The van der Waals surface area contributed by atoms with Gasteiger partial charge in [0.2, 0.25) is 0 Å². The monoisotopic (exact) mass is 1650 g/mol. The maximum Gasteiger partial charge on any atom is 3.00 e. The molecule has 8 heteroatoms. The SMILES string of the molecule is Cc1cc(-c2nc([C@](C)(c3[c-]cccc3)c3ccccn3)cc3cc(C(C)C)ccc23)[c-]c(C(C)(c2[c-]cccc2)c2ccccn2)c1.Cc1cc(-c2nc([C@](C)(c3[c-]cccc3)c3ccccn3)cc3cc(C4CCCC4)ccc23)[c-]c(C(C)(c2[c-]cccc2)c2ccccn2)c1.[Ir+3].[Ir+3]. The van der Waals surface area contributed by atoms with Gasteiger partial charge in [0.1, 0.15) is 0 Å². The molecule has 0 saturated heterocycles. The molecule has 14 aromatic rings. The molecule has 0 bridgehead atoms. The first-order valence-electron chi connectivity index (χ1n) is 34.3. The Balaban J connectivity index is 0.000000186. The van der Waals surface area contributed by atoms with Gasteiger partial charge in [-0.25, -0.2) is 0 Å². The van der Waals surface area contributed by atoms with Crippen LogP contribution in [0, 0.1) is 50.2 Å². The average Bonchev–Trinajstić information content (AvgIpc) is 0.781. The number of aromatic nitrogens is 6. The van der Waals surface area contributed by atoms with Crippen LogP contribution in [0.5, 0.6) is 0 Å². The molecule has 0 N–H and O–H groups in total. The Morgan fingerprint density at radius 2 is 0.720 bits per heavy atom. The molecule has 494 valence electrons. The summed E-state index contributed by atoms with van der Waals surface area (Å²) in [5, 5.41) is 4.53. The van der Waals surface area contributed by atoms with Crippen molar-refractivity contribution in [2.45, 2.75) is 115 Å². The Morgan fingerprint density at radius 1 is 0.360 bits per heavy atom. The molecule has 15 rings (SSSR count). The number of pyridine rings is 6. The minimum absolute atomic E-state index is 0. The number of rotatable bonds is 16. The normalized spacial score (nSPS) is 14.7. The topological polar surface area (TPSA) is 77.3 Å². The molecule has 1 fully saturated rings. The smallest absolute Gasteiger partial charge is 0.299 e. The van der Waals surface area contributed by atoms with Crippen molar-refractivity contribution in [1.29, 1.82) is 0 Å². The van der Waals surface area contributed by atoms with Gasteiger partial charge in [-0.05, 0) is 157 Å². The van der Waals surface area contributed by atoms with Gasteiger partial charge in [0.15, 0.2) is 0 Å². The first-order valence-corrected chi connectivity index (χ1v) is 34.3. The van der Waals surface area contributed by atoms with E-state index in [0.29, 0.717) is 11.8 Å². The Bertz CT molecular complexity index is 4920. The minimum atomic E-state index is -0.659. The maximum atomic E-state index is 5.62. The van der Waals surface area contributed by atoms with Crippen LogP contribution in [0.4, 0.5) is 0 Å². The number of fused-ring (bicyclic) bond motifs is 2. The number of hydrogen-bond donors (Lipinski definition) is 0. The largest absolute Gasteiger partial charge is 3.00 e. The fraction of sp³-hybridized carbons (Fsp3) is 0.196. The second-order valence-electron chi connectivity index (χ2n) is 27.2. The van der Waals surface area contributed by atoms with E-state index in [0.717, 1.165) is 117 Å². The Kier molecular flexibility index (Phi) is 21.2. The van der Waals surface area contributed by atoms with Crippen LogP contribution in [0.1, 0.15) is 169 Å². The van der Waals surface area contributed by atoms with E-state index in [2.05, 4.69) is 250 Å². The van der Waals surface area contributed by atoms with E-state index >= 15 is 0 Å². The summed E-state index contributed by atoms with van der Waals surface area (Å²) in [7, 11) is 0. The Labute approximate surface area is 617 Å². The molecule has 1 aliphatic carbocycles. The summed E-state index contributed by atoms with van der Waals surface area (Å²) < 4.78 is 0. The zero-order chi connectivity index (χ0) is 67.4. The van der Waals surface area contributed by atoms with E-state index in [1.807, 2.05) is 110 Å². The van der Waals surface area contributed by atoms with Crippen LogP contribution in [0.2, 0.25) is 0 Å². The van der Waals surface area contributed by atoms with Gasteiger partial charge in [-0.1, -0.05) is 101 Å². The Morgan fingerprint density at radius 3 is 1.08 bits per heavy atom. The molecular weight excluding hydrogens is 1570 g/mol. The fourth-order valence-corrected chi connectivity index (χ4v) is 14.7. The van der Waals surface area contributed by atoms with E-state index in [9.17, 15) is 0 Å². The summed E-state index contributed by atoms with van der Waals surface area (Å²) in [6.07, 6.45) is 12.5. The molecule has 1 aliphatic rings. The predicted molar refractivity (Wildman–Crippen MR) is 397 cm³/mol. The zero-order valence-electron chi connectivity index (χ0n) is 57.7. The van der Waals surface area contributed by atoms with Gasteiger partial charge in [0, 0.05) is 47.0 Å². The van der Waals surface area contributed by atoms with Gasteiger partial charge in [-0.15, -0.1) is 92.0 Å². The number of benzene rings is 8. The standard InChI is InChI=1S/C47H40N3.C45H38N3.2Ir/c1-33-28-37(31-40(29-33)46(2,38-18-6-4-7-19-38)42-22-12-14-26-48-42)45-41-25-24-35(34-16-10-11-17-34)30-36(41)32-44(50-45)47(3,39-20-8-5-9-21-39)43-23-13-15-27-49-43;1-31(2)33-22-23-39-34(28-33)30-42(45(5,37-18-10-7-11-19-37)41-21-13-15-25-47-41)48-43(39)35-26-32(3)27-38(29-35)44(4,36-16-8-6-9-17-36)40-20-12-14-24-46-40;;/h4-9,12-15,18,20,22-30,32,34H,10-11,16-17H2,1-3H3;6-16,18,20-28,30-31H,1-5H3;;/q2*-3;2*+3/t46?,47-;44?,45-;;/m11../s1. The van der Waals surface area contributed by atoms with E-state index < -0.39 is 21.7 Å². The van der Waals surface area contributed by atoms with Crippen molar-refractivity contribution in [3.8, 4) is 22.5 Å². The Hall–Kier alpha value is -9.52. The molecule has 0 radical (unpaired) electrons. The maximum absolute atomic E-state index is 5.62. The summed E-state index contributed by atoms with van der Waals surface area (Å²) in [5.74, 6) is 0.986. The van der Waals surface area contributed by atoms with Crippen LogP contribution in [0.3, 0.4) is 0 Å². The van der Waals surface area contributed by atoms with Gasteiger partial charge in [-0.2, -0.15) is 121 Å². The second kappa shape index (κ2) is 30.1. The predicted octanol–water partition coefficient (Wildman–Crippen LogP) is 21.0. The summed E-state index contributed by atoms with van der Waals surface area (Å²) >= 11 is 0. The van der Waals surface area contributed by atoms with Crippen LogP contribution in [-0.4, -0.2) is 29.9 Å². The summed E-state index contributed by atoms with van der Waals surface area (Å²) in [6.45, 7) is 17.7. The summed E-state index contributed by atoms with van der Waals surface area (Å²) in [6, 6.07) is 106. The van der Waals surface area contributed by atoms with Crippen molar-refractivity contribution in [3.63, 3.8) is 0 Å². The van der Waals surface area contributed by atoms with E-state index in [1.54, 1.807) is 0 Å². The molecule has 2 unspecified atom stereocenters. The molecule has 6 aromatic heterocycles. The summed E-state index contributed by atoms with van der Waals surface area (Å²) in [5.41, 5.74) is 17.9. The molecule has 1 saturated carbocycles. The van der Waals surface area contributed by atoms with Crippen LogP contribution in [-0.2, 0) is 61.9 Å². The first-order chi connectivity index (χ1) is 47.7. The molecule has 8 aromatic carbocycles. The molecular formula is C92H78Ir2N6. The van der Waals surface area contributed by atoms with Crippen molar-refractivity contribution in [1.82, 2.24) is 29.9 Å². The molecule has 4 atom stereocenters. The van der Waals surface area contributed by atoms with Crippen molar-refractivity contribution >= 4 is 21.5 Å². The number of nitrogens with zero attached hydrogens (tertiary/aromatic N) is 6. The fourth-order valence-electron chi connectivity index (χ4n) is 14.7. The minimum Gasteiger partial charge on any atom is -0.299 e. The second-order valence-corrected chi connectivity index (χ2v) is 27.2. The van der Waals surface area contributed by atoms with E-state index in [1.165, 1.54) is 42.2 Å². The van der Waals surface area contributed by atoms with E-state index in [-0.39, 0.29) is 40.2 Å². The van der Waals surface area contributed by atoms with Gasteiger partial charge >= 0.3 is 40.2 Å². The molecule has 6 nitrogen and oxygen atoms in total. The third-order valence-electron chi connectivity index (χ3n) is 20.5. The van der Waals surface area contributed by atoms with Gasteiger partial charge < -0.3 is 0 Å². The molecule has 0 amide bonds. The van der Waals surface area contributed by atoms with Crippen molar-refractivity contribution in [2.75, 3.05) is 0 Å². The quantitative estimate of drug-likeness (QED) is 0.0897. The van der Waals surface area contributed by atoms with Gasteiger partial charge in [0.05, 0.1) is 33.6 Å².